The number of hydrogen-bond acceptors (Lipinski definition) is 5. The van der Waals surface area contributed by atoms with Crippen LogP contribution in [0.2, 0.25) is 0 Å². The fourth-order valence-corrected chi connectivity index (χ4v) is 2.78. The van der Waals surface area contributed by atoms with Crippen LogP contribution >= 0.6 is 0 Å². The maximum absolute atomic E-state index is 10.8. The molecule has 23 heavy (non-hydrogen) atoms. The third-order valence-corrected chi connectivity index (χ3v) is 4.23. The number of piperazine rings is 1. The Bertz CT molecular complexity index is 723. The quantitative estimate of drug-likeness (QED) is 0.299. The fourth-order valence-electron chi connectivity index (χ4n) is 2.78. The standard InChI is InChI=1S/C15H19N4O3.BrH/c1-3-8-19(2)9-6-17(7-10-19)15-16-13-5-4-12(18(20)21)11-14(13)22-15;/h3-5,11H,1,6-10H2,2H3;1H/q+1;/p-1. The summed E-state index contributed by atoms with van der Waals surface area (Å²) in [6, 6.07) is 5.04. The van der Waals surface area contributed by atoms with E-state index in [2.05, 4.69) is 23.5 Å². The molecule has 0 atom stereocenters. The first-order valence-electron chi connectivity index (χ1n) is 7.25. The summed E-state index contributed by atoms with van der Waals surface area (Å²) in [5, 5.41) is 10.8. The summed E-state index contributed by atoms with van der Waals surface area (Å²) in [6.07, 6.45) is 1.95. The fraction of sp³-hybridized carbons (Fsp3) is 0.400. The van der Waals surface area contributed by atoms with Crippen LogP contribution in [0.4, 0.5) is 11.7 Å². The smallest absolute Gasteiger partial charge is 0.298 e. The summed E-state index contributed by atoms with van der Waals surface area (Å²) >= 11 is 0. The molecule has 3 rings (SSSR count). The van der Waals surface area contributed by atoms with E-state index in [1.54, 1.807) is 6.07 Å². The molecule has 0 N–H and O–H groups in total. The molecular weight excluding hydrogens is 364 g/mol. The molecule has 2 aromatic rings. The number of fused-ring (bicyclic) bond motifs is 1. The van der Waals surface area contributed by atoms with Gasteiger partial charge in [0.1, 0.15) is 5.52 Å². The summed E-state index contributed by atoms with van der Waals surface area (Å²) in [4.78, 5) is 16.9. The minimum atomic E-state index is -0.430. The first-order chi connectivity index (χ1) is 10.5. The Morgan fingerprint density at radius 2 is 2.17 bits per heavy atom. The van der Waals surface area contributed by atoms with Crippen LogP contribution in [0.1, 0.15) is 0 Å². The third kappa shape index (κ3) is 3.53. The van der Waals surface area contributed by atoms with Gasteiger partial charge in [0.2, 0.25) is 0 Å². The second-order valence-corrected chi connectivity index (χ2v) is 5.93. The topological polar surface area (TPSA) is 72.4 Å². The highest BCUT2D eigenvalue weighted by atomic mass is 79.9. The number of benzene rings is 1. The summed E-state index contributed by atoms with van der Waals surface area (Å²) < 4.78 is 6.67. The zero-order valence-corrected chi connectivity index (χ0v) is 14.5. The van der Waals surface area contributed by atoms with E-state index in [9.17, 15) is 10.1 Å². The Labute approximate surface area is 144 Å². The van der Waals surface area contributed by atoms with Gasteiger partial charge in [0, 0.05) is 6.07 Å². The molecule has 0 saturated carbocycles. The zero-order chi connectivity index (χ0) is 15.7. The summed E-state index contributed by atoms with van der Waals surface area (Å²) in [6.45, 7) is 8.44. The van der Waals surface area contributed by atoms with Gasteiger partial charge >= 0.3 is 0 Å². The molecule has 1 saturated heterocycles. The van der Waals surface area contributed by atoms with Gasteiger partial charge in [0.15, 0.2) is 5.58 Å². The molecule has 1 fully saturated rings. The van der Waals surface area contributed by atoms with Crippen LogP contribution in [0.3, 0.4) is 0 Å². The van der Waals surface area contributed by atoms with Crippen LogP contribution < -0.4 is 21.9 Å². The molecule has 0 bridgehead atoms. The van der Waals surface area contributed by atoms with Crippen LogP contribution in [0.15, 0.2) is 35.3 Å². The van der Waals surface area contributed by atoms with E-state index in [0.717, 1.165) is 37.2 Å². The Kier molecular flexibility index (Phi) is 5.06. The van der Waals surface area contributed by atoms with Crippen LogP contribution in [-0.2, 0) is 0 Å². The number of non-ortho nitro benzene ring substituents is 1. The number of quaternary nitrogens is 1. The highest BCUT2D eigenvalue weighted by molar-refractivity contribution is 5.77. The van der Waals surface area contributed by atoms with Crippen molar-refractivity contribution in [1.82, 2.24) is 4.98 Å². The van der Waals surface area contributed by atoms with Gasteiger partial charge in [-0.05, 0) is 12.1 Å². The molecule has 1 aliphatic heterocycles. The van der Waals surface area contributed by atoms with Gasteiger partial charge in [0.05, 0.1) is 50.8 Å². The summed E-state index contributed by atoms with van der Waals surface area (Å²) in [5.41, 5.74) is 1.12. The number of anilines is 1. The number of halogens is 1. The van der Waals surface area contributed by atoms with Crippen LogP contribution in [0.25, 0.3) is 11.1 Å². The number of nitrogens with zero attached hydrogens (tertiary/aromatic N) is 4. The lowest BCUT2D eigenvalue weighted by Gasteiger charge is -2.40. The zero-order valence-electron chi connectivity index (χ0n) is 12.9. The first kappa shape index (κ1) is 17.4. The lowest BCUT2D eigenvalue weighted by Crippen LogP contribution is -3.00. The summed E-state index contributed by atoms with van der Waals surface area (Å²) in [5.74, 6) is 0. The van der Waals surface area contributed by atoms with Crippen molar-refractivity contribution in [3.8, 4) is 0 Å². The van der Waals surface area contributed by atoms with Crippen molar-refractivity contribution in [2.24, 2.45) is 0 Å². The average molecular weight is 383 g/mol. The van der Waals surface area contributed by atoms with Crippen LogP contribution in [0.5, 0.6) is 0 Å². The second-order valence-electron chi connectivity index (χ2n) is 5.93. The van der Waals surface area contributed by atoms with E-state index in [1.165, 1.54) is 12.1 Å². The van der Waals surface area contributed by atoms with Crippen LogP contribution in [0, 0.1) is 10.1 Å². The largest absolute Gasteiger partial charge is 1.00 e. The Morgan fingerprint density at radius 1 is 1.48 bits per heavy atom. The Hall–Kier alpha value is -1.93. The molecule has 7 nitrogen and oxygen atoms in total. The SMILES string of the molecule is C=CC[N+]1(C)CCN(c2nc3ccc([N+](=O)[O-])cc3o2)CC1.[Br-]. The van der Waals surface area contributed by atoms with E-state index in [-0.39, 0.29) is 22.7 Å². The van der Waals surface area contributed by atoms with E-state index < -0.39 is 4.92 Å². The maximum Gasteiger partial charge on any atom is 0.298 e. The third-order valence-electron chi connectivity index (χ3n) is 4.23. The molecule has 8 heteroatoms. The van der Waals surface area contributed by atoms with Crippen molar-refractivity contribution in [2.75, 3.05) is 44.7 Å². The molecule has 124 valence electrons. The van der Waals surface area contributed by atoms with Gasteiger partial charge in [-0.3, -0.25) is 10.1 Å². The van der Waals surface area contributed by atoms with Gasteiger partial charge < -0.3 is 30.8 Å². The molecule has 0 spiro atoms. The van der Waals surface area contributed by atoms with Gasteiger partial charge in [0.25, 0.3) is 11.7 Å². The van der Waals surface area contributed by atoms with Crippen molar-refractivity contribution in [2.45, 2.75) is 0 Å². The average Bonchev–Trinajstić information content (AvgIpc) is 2.90. The molecule has 1 aromatic carbocycles. The molecule has 0 aliphatic carbocycles. The van der Waals surface area contributed by atoms with Gasteiger partial charge in [-0.25, -0.2) is 0 Å². The van der Waals surface area contributed by atoms with Crippen molar-refractivity contribution >= 4 is 22.8 Å². The lowest BCUT2D eigenvalue weighted by atomic mass is 10.2. The number of nitro benzene ring substituents is 1. The van der Waals surface area contributed by atoms with Gasteiger partial charge in [-0.1, -0.05) is 6.58 Å². The highest BCUT2D eigenvalue weighted by Gasteiger charge is 2.29. The van der Waals surface area contributed by atoms with E-state index in [4.69, 9.17) is 4.42 Å². The number of rotatable bonds is 4. The lowest BCUT2D eigenvalue weighted by molar-refractivity contribution is -0.904. The number of likely N-dealkylation sites (N-methyl/N-ethyl adjacent to an activating group) is 1. The normalized spacial score (nSPS) is 16.8. The number of oxazole rings is 1. The van der Waals surface area contributed by atoms with Crippen molar-refractivity contribution in [3.05, 3.63) is 41.0 Å². The molecule has 1 aliphatic rings. The minimum Gasteiger partial charge on any atom is -1.00 e. The van der Waals surface area contributed by atoms with E-state index >= 15 is 0 Å². The first-order valence-corrected chi connectivity index (χ1v) is 7.25. The Balaban J connectivity index is 0.00000192. The predicted octanol–water partition coefficient (Wildman–Crippen LogP) is -0.807. The minimum absolute atomic E-state index is 0. The highest BCUT2D eigenvalue weighted by Crippen LogP contribution is 2.26. The van der Waals surface area contributed by atoms with E-state index in [1.807, 2.05) is 6.08 Å². The monoisotopic (exact) mass is 382 g/mol. The van der Waals surface area contributed by atoms with Crippen molar-refractivity contribution < 1.29 is 30.8 Å². The number of nitro groups is 1. The molecule has 0 amide bonds. The number of aromatic nitrogens is 1. The molecule has 0 radical (unpaired) electrons. The number of hydrogen-bond donors (Lipinski definition) is 0. The molecule has 1 aromatic heterocycles. The predicted molar refractivity (Wildman–Crippen MR) is 83.9 cm³/mol. The summed E-state index contributed by atoms with van der Waals surface area (Å²) in [7, 11) is 2.22. The van der Waals surface area contributed by atoms with Gasteiger partial charge in [-0.15, -0.1) is 0 Å². The van der Waals surface area contributed by atoms with Crippen LogP contribution in [-0.4, -0.2) is 54.2 Å². The molecular formula is C15H19BrN4O3. The van der Waals surface area contributed by atoms with Gasteiger partial charge in [-0.2, -0.15) is 4.98 Å². The van der Waals surface area contributed by atoms with E-state index in [0.29, 0.717) is 17.1 Å². The Morgan fingerprint density at radius 3 is 2.78 bits per heavy atom. The second kappa shape index (κ2) is 6.67. The molecule has 2 heterocycles. The molecule has 0 unspecified atom stereocenters. The van der Waals surface area contributed by atoms with Crippen molar-refractivity contribution in [1.29, 1.82) is 0 Å². The maximum atomic E-state index is 10.8. The van der Waals surface area contributed by atoms with Crippen molar-refractivity contribution in [3.63, 3.8) is 0 Å².